The highest BCUT2D eigenvalue weighted by Crippen LogP contribution is 2.19. The van der Waals surface area contributed by atoms with Crippen molar-refractivity contribution in [2.75, 3.05) is 13.1 Å². The lowest BCUT2D eigenvalue weighted by Gasteiger charge is -2.27. The van der Waals surface area contributed by atoms with Gasteiger partial charge < -0.3 is 14.2 Å². The zero-order valence-corrected chi connectivity index (χ0v) is 13.6. The van der Waals surface area contributed by atoms with Gasteiger partial charge in [0.1, 0.15) is 10.3 Å². The molecule has 0 bridgehead atoms. The zero-order chi connectivity index (χ0) is 14.8. The summed E-state index contributed by atoms with van der Waals surface area (Å²) in [6.07, 6.45) is 0.513. The lowest BCUT2D eigenvalue weighted by molar-refractivity contribution is 0.0292. The van der Waals surface area contributed by atoms with Crippen LogP contribution < -0.4 is 4.72 Å². The van der Waals surface area contributed by atoms with Crippen LogP contribution in [0, 0.1) is 0 Å². The molecule has 1 heterocycles. The van der Waals surface area contributed by atoms with Crippen molar-refractivity contribution in [2.24, 2.45) is 0 Å². The zero-order valence-electron chi connectivity index (χ0n) is 12.8. The first-order valence-electron chi connectivity index (χ1n) is 6.65. The van der Waals surface area contributed by atoms with Crippen molar-refractivity contribution in [3.63, 3.8) is 0 Å². The Labute approximate surface area is 119 Å². The molecule has 0 aliphatic carbocycles. The summed E-state index contributed by atoms with van der Waals surface area (Å²) in [7, 11) is 0. The topological polar surface area (TPSA) is 64.6 Å². The Morgan fingerprint density at radius 2 is 1.89 bits per heavy atom. The van der Waals surface area contributed by atoms with Gasteiger partial charge in [-0.05, 0) is 48.0 Å². The molecule has 0 spiro atoms. The summed E-state index contributed by atoms with van der Waals surface area (Å²) in [4.78, 5) is 13.6. The summed E-state index contributed by atoms with van der Waals surface area (Å²) in [6, 6.07) is 0.0765. The van der Waals surface area contributed by atoms with E-state index in [1.165, 1.54) is 0 Å². The minimum atomic E-state index is -1.10. The molecule has 1 aliphatic rings. The maximum atomic E-state index is 12.0. The van der Waals surface area contributed by atoms with E-state index in [-0.39, 0.29) is 16.9 Å². The Bertz CT molecular complexity index is 323. The molecule has 2 unspecified atom stereocenters. The molecule has 0 radical (unpaired) electrons. The molecule has 1 aliphatic heterocycles. The molecule has 6 heteroatoms. The summed E-state index contributed by atoms with van der Waals surface area (Å²) in [5.74, 6) is 0. The fraction of sp³-hybridized carbons (Fsp3) is 0.923. The lowest BCUT2D eigenvalue weighted by Crippen LogP contribution is -2.46. The van der Waals surface area contributed by atoms with Gasteiger partial charge in [0.15, 0.2) is 0 Å². The van der Waals surface area contributed by atoms with Crippen LogP contribution in [0.2, 0.25) is 0 Å². The molecule has 0 saturated carbocycles. The van der Waals surface area contributed by atoms with Crippen LogP contribution in [0.4, 0.5) is 4.79 Å². The summed E-state index contributed by atoms with van der Waals surface area (Å²) in [5, 5.41) is 0. The second kappa shape index (κ2) is 5.89. The van der Waals surface area contributed by atoms with E-state index >= 15 is 0 Å². The van der Waals surface area contributed by atoms with Gasteiger partial charge in [-0.2, -0.15) is 0 Å². The molecule has 1 fully saturated rings. The summed E-state index contributed by atoms with van der Waals surface area (Å²) in [6.45, 7) is 12.5. The predicted octanol–water partition coefficient (Wildman–Crippen LogP) is 2.05. The number of carbonyl (C=O) groups excluding carboxylic acids is 1. The molecule has 2 atom stereocenters. The number of nitrogens with one attached hydrogen (secondary N) is 1. The first kappa shape index (κ1) is 16.6. The van der Waals surface area contributed by atoms with Crippen LogP contribution in [0.1, 0.15) is 48.0 Å². The monoisotopic (exact) mass is 290 g/mol. The third kappa shape index (κ3) is 5.58. The number of amides is 1. The average Bonchev–Trinajstić information content (AvgIpc) is 2.62. The van der Waals surface area contributed by atoms with E-state index in [1.807, 2.05) is 41.5 Å². The smallest absolute Gasteiger partial charge is 0.410 e. The van der Waals surface area contributed by atoms with Gasteiger partial charge in [-0.1, -0.05) is 0 Å². The molecular weight excluding hydrogens is 264 g/mol. The third-order valence-electron chi connectivity index (χ3n) is 2.67. The number of nitrogens with zero attached hydrogens (tertiary/aromatic N) is 1. The van der Waals surface area contributed by atoms with Crippen LogP contribution in [-0.4, -0.2) is 45.0 Å². The van der Waals surface area contributed by atoms with Crippen LogP contribution in [0.25, 0.3) is 0 Å². The summed E-state index contributed by atoms with van der Waals surface area (Å²) < 4.78 is 20.1. The molecule has 0 aromatic rings. The van der Waals surface area contributed by atoms with Crippen molar-refractivity contribution in [1.29, 1.82) is 0 Å². The van der Waals surface area contributed by atoms with E-state index in [0.29, 0.717) is 13.1 Å². The molecule has 1 saturated heterocycles. The fourth-order valence-corrected chi connectivity index (χ4v) is 2.53. The van der Waals surface area contributed by atoms with Gasteiger partial charge in [-0.25, -0.2) is 4.79 Å². The molecule has 1 amide bonds. The van der Waals surface area contributed by atoms with Crippen LogP contribution >= 0.6 is 0 Å². The summed E-state index contributed by atoms with van der Waals surface area (Å²) in [5.41, 5.74) is -0.475. The van der Waals surface area contributed by atoms with Crippen LogP contribution in [0.3, 0.4) is 0 Å². The van der Waals surface area contributed by atoms with Crippen LogP contribution in [-0.2, 0) is 16.1 Å². The van der Waals surface area contributed by atoms with E-state index in [2.05, 4.69) is 4.72 Å². The highest BCUT2D eigenvalue weighted by Gasteiger charge is 2.35. The minimum Gasteiger partial charge on any atom is -0.598 e. The molecular formula is C13H26N2O3S. The van der Waals surface area contributed by atoms with E-state index in [0.717, 1.165) is 6.42 Å². The van der Waals surface area contributed by atoms with Gasteiger partial charge in [0, 0.05) is 24.5 Å². The fourth-order valence-electron chi connectivity index (χ4n) is 1.68. The molecule has 0 aromatic heterocycles. The van der Waals surface area contributed by atoms with Crippen molar-refractivity contribution in [3.05, 3.63) is 0 Å². The first-order chi connectivity index (χ1) is 8.49. The van der Waals surface area contributed by atoms with E-state index in [4.69, 9.17) is 4.74 Å². The van der Waals surface area contributed by atoms with E-state index in [9.17, 15) is 9.35 Å². The lowest BCUT2D eigenvalue weighted by atomic mass is 10.2. The van der Waals surface area contributed by atoms with Gasteiger partial charge in [0.25, 0.3) is 0 Å². The molecule has 5 nitrogen and oxygen atoms in total. The second-order valence-electron chi connectivity index (χ2n) is 6.91. The van der Waals surface area contributed by atoms with Gasteiger partial charge in [-0.3, -0.25) is 0 Å². The molecule has 0 aromatic carbocycles. The summed E-state index contributed by atoms with van der Waals surface area (Å²) >= 11 is -1.10. The van der Waals surface area contributed by atoms with Gasteiger partial charge in [0.05, 0.1) is 6.04 Å². The van der Waals surface area contributed by atoms with E-state index < -0.39 is 17.0 Å². The quantitative estimate of drug-likeness (QED) is 0.791. The van der Waals surface area contributed by atoms with Crippen LogP contribution in [0.5, 0.6) is 0 Å². The third-order valence-corrected chi connectivity index (χ3v) is 4.33. The van der Waals surface area contributed by atoms with Crippen molar-refractivity contribution in [1.82, 2.24) is 9.62 Å². The Hall–Kier alpha value is -0.460. The Morgan fingerprint density at radius 3 is 2.37 bits per heavy atom. The van der Waals surface area contributed by atoms with Crippen molar-refractivity contribution < 1.29 is 14.1 Å². The molecule has 112 valence electrons. The van der Waals surface area contributed by atoms with Crippen molar-refractivity contribution in [2.45, 2.75) is 64.4 Å². The first-order valence-corrected chi connectivity index (χ1v) is 7.80. The second-order valence-corrected chi connectivity index (χ2v) is 8.91. The van der Waals surface area contributed by atoms with Crippen molar-refractivity contribution in [3.8, 4) is 0 Å². The minimum absolute atomic E-state index is 0.0765. The maximum absolute atomic E-state index is 12.0. The number of likely N-dealkylation sites (tertiary alicyclic amines) is 1. The van der Waals surface area contributed by atoms with Crippen LogP contribution in [0.15, 0.2) is 0 Å². The number of hydrogen-bond acceptors (Lipinski definition) is 4. The van der Waals surface area contributed by atoms with Gasteiger partial charge >= 0.3 is 6.09 Å². The van der Waals surface area contributed by atoms with Gasteiger partial charge in [-0.15, -0.1) is 4.72 Å². The highest BCUT2D eigenvalue weighted by atomic mass is 32.2. The number of rotatable bonds is 2. The largest absolute Gasteiger partial charge is 0.598 e. The molecule has 19 heavy (non-hydrogen) atoms. The Kier molecular flexibility index (Phi) is 5.15. The van der Waals surface area contributed by atoms with Crippen molar-refractivity contribution >= 4 is 17.5 Å². The maximum Gasteiger partial charge on any atom is 0.410 e. The van der Waals surface area contributed by atoms with E-state index in [1.54, 1.807) is 4.90 Å². The Morgan fingerprint density at radius 1 is 1.32 bits per heavy atom. The number of ether oxygens (including phenoxy) is 1. The normalized spacial score (nSPS) is 22.5. The highest BCUT2D eigenvalue weighted by molar-refractivity contribution is 7.90. The Balaban J connectivity index is 2.44. The molecule has 1 rings (SSSR count). The van der Waals surface area contributed by atoms with Gasteiger partial charge in [0.2, 0.25) is 0 Å². The SMILES string of the molecule is CC(C)(C)OC(=O)N1CCC(N[S+]([O-])C(C)(C)C)C1. The standard InChI is InChI=1S/C13H26N2O3S/c1-12(2,3)18-11(16)15-8-7-10(9-15)14-19(17)13(4,5)6/h10,14H,7-9H2,1-6H3. The predicted molar refractivity (Wildman–Crippen MR) is 77.2 cm³/mol. The average molecular weight is 290 g/mol. The number of carbonyl (C=O) groups is 1. The molecule has 1 N–H and O–H groups in total. The number of hydrogen-bond donors (Lipinski definition) is 1.